The number of halogens is 6. The molecule has 0 radical (unpaired) electrons. The van der Waals surface area contributed by atoms with Crippen LogP contribution in [0.1, 0.15) is 64.6 Å². The van der Waals surface area contributed by atoms with Crippen molar-refractivity contribution in [1.29, 1.82) is 0 Å². The summed E-state index contributed by atoms with van der Waals surface area (Å²) in [5.74, 6) is -0.295. The third-order valence-corrected chi connectivity index (χ3v) is 6.61. The molecule has 1 aliphatic rings. The number of aliphatic hydroxyl groups excluding tert-OH is 1. The van der Waals surface area contributed by atoms with E-state index < -0.39 is 40.6 Å². The number of nitrogens with zero attached hydrogens (tertiary/aromatic N) is 3. The van der Waals surface area contributed by atoms with Gasteiger partial charge >= 0.3 is 12.4 Å². The molecule has 0 aliphatic heterocycles. The van der Waals surface area contributed by atoms with E-state index in [9.17, 15) is 31.4 Å². The highest BCUT2D eigenvalue weighted by molar-refractivity contribution is 5.73. The highest BCUT2D eigenvalue weighted by Gasteiger charge is 2.39. The zero-order chi connectivity index (χ0) is 29.0. The average molecular weight is 553 g/mol. The van der Waals surface area contributed by atoms with Gasteiger partial charge in [-0.05, 0) is 53.7 Å². The Morgan fingerprint density at radius 2 is 1.38 bits per heavy atom. The number of nitrogens with one attached hydrogen (secondary N) is 1. The zero-order valence-corrected chi connectivity index (χ0v) is 22.2. The zero-order valence-electron chi connectivity index (χ0n) is 22.2. The first-order valence-electron chi connectivity index (χ1n) is 12.4. The second kappa shape index (κ2) is 9.60. The predicted octanol–water partition coefficient (Wildman–Crippen LogP) is 8.68. The Hall–Kier alpha value is -3.50. The van der Waals surface area contributed by atoms with Crippen molar-refractivity contribution in [3.63, 3.8) is 0 Å². The lowest BCUT2D eigenvalue weighted by atomic mass is 9.69. The van der Waals surface area contributed by atoms with Crippen molar-refractivity contribution in [2.75, 3.05) is 5.32 Å². The summed E-state index contributed by atoms with van der Waals surface area (Å²) < 4.78 is 80.8. The van der Waals surface area contributed by atoms with Crippen LogP contribution in [0, 0.1) is 10.8 Å². The van der Waals surface area contributed by atoms with Crippen LogP contribution in [0.4, 0.5) is 32.0 Å². The maximum Gasteiger partial charge on any atom is 0.416 e. The summed E-state index contributed by atoms with van der Waals surface area (Å²) in [6.45, 7) is 10.3. The van der Waals surface area contributed by atoms with Crippen molar-refractivity contribution in [2.24, 2.45) is 10.8 Å². The number of anilines is 1. The molecule has 5 nitrogen and oxygen atoms in total. The molecule has 39 heavy (non-hydrogen) atoms. The molecular weight excluding hydrogens is 522 g/mol. The molecule has 1 aromatic heterocycles. The Kier molecular flexibility index (Phi) is 7.02. The fourth-order valence-electron chi connectivity index (χ4n) is 5.19. The van der Waals surface area contributed by atoms with E-state index in [-0.39, 0.29) is 22.9 Å². The average Bonchev–Trinajstić information content (AvgIpc) is 3.21. The minimum atomic E-state index is -5.00. The molecule has 0 spiro atoms. The van der Waals surface area contributed by atoms with Gasteiger partial charge in [0.05, 0.1) is 16.8 Å². The molecule has 210 valence electrons. The number of hydrogen-bond donors (Lipinski definition) is 2. The van der Waals surface area contributed by atoms with Crippen molar-refractivity contribution in [1.82, 2.24) is 15.0 Å². The standard InChI is InChI=1S/C28H30F6N4O/c1-25(2,3)15-26(4,5)16-13-22(24(39)23(14-16)38-36-20-8-6-7-9-21(20)37-38)35-19-11-17(27(29,30)31)10-18(12-19)28(32,33)34/h6-13,23,35,39H,14-15H2,1-5H3. The number of fused-ring (bicyclic) bond motifs is 1. The second-order valence-corrected chi connectivity index (χ2v) is 11.7. The SMILES string of the molecule is CC(C)(C)CC(C)(C)C1=CC(Nc2cc(C(F)(F)F)cc(C(F)(F)F)c2)=C(O)C(n2nc3ccccc3n2)C1. The number of alkyl halides is 6. The summed E-state index contributed by atoms with van der Waals surface area (Å²) in [5, 5.41) is 22.9. The Morgan fingerprint density at radius 1 is 0.872 bits per heavy atom. The Labute approximate surface area is 222 Å². The van der Waals surface area contributed by atoms with Crippen molar-refractivity contribution < 1.29 is 31.4 Å². The van der Waals surface area contributed by atoms with Crippen molar-refractivity contribution in [3.05, 3.63) is 76.7 Å². The lowest BCUT2D eigenvalue weighted by molar-refractivity contribution is -0.143. The molecule has 0 saturated carbocycles. The van der Waals surface area contributed by atoms with Crippen LogP contribution in [0.15, 0.2) is 65.6 Å². The summed E-state index contributed by atoms with van der Waals surface area (Å²) >= 11 is 0. The van der Waals surface area contributed by atoms with E-state index in [0.717, 1.165) is 12.0 Å². The molecule has 2 N–H and O–H groups in total. The van der Waals surface area contributed by atoms with Gasteiger partial charge in [0, 0.05) is 12.1 Å². The number of aliphatic hydroxyl groups is 1. The van der Waals surface area contributed by atoms with E-state index in [0.29, 0.717) is 29.6 Å². The fraction of sp³-hybridized carbons (Fsp3) is 0.429. The van der Waals surface area contributed by atoms with Crippen LogP contribution in [0.5, 0.6) is 0 Å². The monoisotopic (exact) mass is 552 g/mol. The normalized spacial score (nSPS) is 17.5. The fourth-order valence-corrected chi connectivity index (χ4v) is 5.19. The third-order valence-electron chi connectivity index (χ3n) is 6.61. The van der Waals surface area contributed by atoms with E-state index in [4.69, 9.17) is 0 Å². The smallest absolute Gasteiger partial charge is 0.416 e. The van der Waals surface area contributed by atoms with Crippen molar-refractivity contribution in [3.8, 4) is 0 Å². The number of hydrogen-bond acceptors (Lipinski definition) is 4. The molecule has 0 saturated heterocycles. The number of benzene rings is 2. The van der Waals surface area contributed by atoms with Crippen LogP contribution in [0.25, 0.3) is 11.0 Å². The number of allylic oxidation sites excluding steroid dienone is 3. The number of rotatable bonds is 5. The molecule has 4 rings (SSSR count). The highest BCUT2D eigenvalue weighted by Crippen LogP contribution is 2.46. The first-order valence-corrected chi connectivity index (χ1v) is 12.4. The van der Waals surface area contributed by atoms with Gasteiger partial charge in [0.15, 0.2) is 0 Å². The van der Waals surface area contributed by atoms with Gasteiger partial charge in [0.1, 0.15) is 22.8 Å². The molecule has 0 amide bonds. The van der Waals surface area contributed by atoms with E-state index in [1.54, 1.807) is 30.3 Å². The number of aromatic nitrogens is 3. The molecule has 11 heteroatoms. The van der Waals surface area contributed by atoms with Gasteiger partial charge in [-0.3, -0.25) is 0 Å². The van der Waals surface area contributed by atoms with Crippen molar-refractivity contribution in [2.45, 2.75) is 65.9 Å². The van der Waals surface area contributed by atoms with Gasteiger partial charge in [-0.1, -0.05) is 52.3 Å². The van der Waals surface area contributed by atoms with Crippen LogP contribution in [-0.4, -0.2) is 20.1 Å². The molecule has 0 bridgehead atoms. The maximum absolute atomic E-state index is 13.5. The van der Waals surface area contributed by atoms with Gasteiger partial charge in [0.2, 0.25) is 0 Å². The molecule has 3 aromatic rings. The summed E-state index contributed by atoms with van der Waals surface area (Å²) in [6, 6.07) is 7.50. The Morgan fingerprint density at radius 3 is 1.85 bits per heavy atom. The van der Waals surface area contributed by atoms with Crippen LogP contribution in [0.3, 0.4) is 0 Å². The predicted molar refractivity (Wildman–Crippen MR) is 137 cm³/mol. The third kappa shape index (κ3) is 6.39. The van der Waals surface area contributed by atoms with Gasteiger partial charge in [0.25, 0.3) is 0 Å². The van der Waals surface area contributed by atoms with E-state index in [1.807, 2.05) is 13.8 Å². The molecule has 1 unspecified atom stereocenters. The quantitative estimate of drug-likeness (QED) is 0.311. The minimum absolute atomic E-state index is 0.0166. The Bertz CT molecular complexity index is 1380. The first-order chi connectivity index (χ1) is 17.8. The van der Waals surface area contributed by atoms with Crippen LogP contribution in [0.2, 0.25) is 0 Å². The van der Waals surface area contributed by atoms with E-state index in [1.165, 1.54) is 4.80 Å². The van der Waals surface area contributed by atoms with Gasteiger partial charge in [-0.2, -0.15) is 41.3 Å². The first kappa shape index (κ1) is 28.5. The van der Waals surface area contributed by atoms with E-state index in [2.05, 4.69) is 36.3 Å². The van der Waals surface area contributed by atoms with Crippen LogP contribution < -0.4 is 5.32 Å². The maximum atomic E-state index is 13.5. The van der Waals surface area contributed by atoms with Gasteiger partial charge in [-0.15, -0.1) is 0 Å². The van der Waals surface area contributed by atoms with Gasteiger partial charge in [-0.25, -0.2) is 0 Å². The highest BCUT2D eigenvalue weighted by atomic mass is 19.4. The van der Waals surface area contributed by atoms with Crippen molar-refractivity contribution >= 4 is 16.7 Å². The van der Waals surface area contributed by atoms with E-state index >= 15 is 0 Å². The summed E-state index contributed by atoms with van der Waals surface area (Å²) in [6.07, 6.45) is -7.37. The Balaban J connectivity index is 1.84. The molecular formula is C28H30F6N4O. The molecule has 1 atom stereocenters. The molecule has 2 aromatic carbocycles. The summed E-state index contributed by atoms with van der Waals surface area (Å²) in [5.41, 5.74) is -1.89. The molecule has 1 heterocycles. The van der Waals surface area contributed by atoms with Crippen LogP contribution >= 0.6 is 0 Å². The summed E-state index contributed by atoms with van der Waals surface area (Å²) in [7, 11) is 0. The minimum Gasteiger partial charge on any atom is -0.508 e. The largest absolute Gasteiger partial charge is 0.508 e. The topological polar surface area (TPSA) is 63.0 Å². The molecule has 0 fully saturated rings. The van der Waals surface area contributed by atoms with Crippen LogP contribution in [-0.2, 0) is 12.4 Å². The lowest BCUT2D eigenvalue weighted by Crippen LogP contribution is -2.29. The summed E-state index contributed by atoms with van der Waals surface area (Å²) in [4.78, 5) is 1.34. The van der Waals surface area contributed by atoms with Gasteiger partial charge < -0.3 is 10.4 Å². The molecule has 1 aliphatic carbocycles. The lowest BCUT2D eigenvalue weighted by Gasteiger charge is -2.38. The second-order valence-electron chi connectivity index (χ2n) is 11.7.